The molecule has 308 valence electrons. The average molecular weight is 982 g/mol. The summed E-state index contributed by atoms with van der Waals surface area (Å²) in [7, 11) is 0. The molecule has 0 spiro atoms. The molecule has 4 aromatic carbocycles. The maximum Gasteiger partial charge on any atom is 0.160 e. The molecule has 0 saturated heterocycles. The first-order valence-corrected chi connectivity index (χ1v) is 21.3. The van der Waals surface area contributed by atoms with Crippen LogP contribution < -0.4 is 0 Å². The first kappa shape index (κ1) is 42.6. The molecule has 0 fully saturated rings. The quantitative estimate of drug-likeness (QED) is 0.179. The number of hydrogen-bond acceptors (Lipinski definition) is 5. The fourth-order valence-electron chi connectivity index (χ4n) is 7.95. The van der Waals surface area contributed by atoms with Crippen molar-refractivity contribution in [3.8, 4) is 45.2 Å². The third-order valence-electron chi connectivity index (χ3n) is 11.6. The van der Waals surface area contributed by atoms with Gasteiger partial charge in [0.1, 0.15) is 17.1 Å². The van der Waals surface area contributed by atoms with Gasteiger partial charge in [-0.05, 0) is 81.8 Å². The van der Waals surface area contributed by atoms with E-state index in [-0.39, 0.29) is 48.5 Å². The minimum Gasteiger partial charge on any atom is -0.507 e. The first-order chi connectivity index (χ1) is 27.0. The number of aryl methyl sites for hydroxylation is 2. The Labute approximate surface area is 368 Å². The number of phenolic OH excluding ortho intramolecular Hbond substituents is 1. The van der Waals surface area contributed by atoms with Crippen molar-refractivity contribution in [2.45, 2.75) is 119 Å². The molecule has 0 aliphatic heterocycles. The van der Waals surface area contributed by atoms with E-state index in [2.05, 4.69) is 180 Å². The van der Waals surface area contributed by atoms with Gasteiger partial charge in [-0.2, -0.15) is 0 Å². The smallest absolute Gasteiger partial charge is 0.160 e. The number of thiophene rings is 1. The molecule has 0 aliphatic rings. The van der Waals surface area contributed by atoms with Crippen molar-refractivity contribution in [3.05, 3.63) is 118 Å². The summed E-state index contributed by atoms with van der Waals surface area (Å²) in [6, 6.07) is 27.9. The molecule has 1 N–H and O–H groups in total. The van der Waals surface area contributed by atoms with Crippen LogP contribution in [0.1, 0.15) is 116 Å². The summed E-state index contributed by atoms with van der Waals surface area (Å²) in [4.78, 5) is 10.9. The number of para-hydroxylation sites is 1. The maximum atomic E-state index is 12.3. The molecule has 0 atom stereocenters. The number of pyridine rings is 1. The van der Waals surface area contributed by atoms with Gasteiger partial charge in [0.25, 0.3) is 0 Å². The summed E-state index contributed by atoms with van der Waals surface area (Å²) < 4.78 is 9.41. The number of aromatic nitrogens is 3. The molecule has 8 rings (SSSR count). The van der Waals surface area contributed by atoms with E-state index in [0.29, 0.717) is 5.82 Å². The summed E-state index contributed by atoms with van der Waals surface area (Å²) >= 11 is 1.70. The van der Waals surface area contributed by atoms with Gasteiger partial charge in [0.15, 0.2) is 5.58 Å². The van der Waals surface area contributed by atoms with E-state index in [1.54, 1.807) is 11.3 Å². The molecule has 0 amide bonds. The van der Waals surface area contributed by atoms with E-state index in [1.807, 2.05) is 6.26 Å². The normalized spacial score (nSPS) is 12.8. The molecule has 0 radical (unpaired) electrons. The molecule has 5 nitrogen and oxygen atoms in total. The summed E-state index contributed by atoms with van der Waals surface area (Å²) in [5.74, 6) is 0.963. The Morgan fingerprint density at radius 2 is 1.29 bits per heavy atom. The number of phenols is 1. The van der Waals surface area contributed by atoms with Gasteiger partial charge >= 0.3 is 0 Å². The zero-order valence-electron chi connectivity index (χ0n) is 36.9. The van der Waals surface area contributed by atoms with Crippen molar-refractivity contribution < 1.29 is 30.6 Å². The van der Waals surface area contributed by atoms with E-state index < -0.39 is 0 Å². The first-order valence-electron chi connectivity index (χ1n) is 20.4. The van der Waals surface area contributed by atoms with Crippen molar-refractivity contribution in [3.63, 3.8) is 0 Å². The van der Waals surface area contributed by atoms with Crippen molar-refractivity contribution in [1.29, 1.82) is 0 Å². The van der Waals surface area contributed by atoms with Gasteiger partial charge in [-0.15, -0.1) is 40.7 Å². The number of furan rings is 1. The van der Waals surface area contributed by atoms with Crippen LogP contribution >= 0.6 is 11.3 Å². The fraction of sp³-hybridized carbons (Fsp3) is 0.346. The van der Waals surface area contributed by atoms with Gasteiger partial charge in [-0.25, -0.2) is 4.98 Å². The molecule has 7 heteroatoms. The average Bonchev–Trinajstić information content (AvgIpc) is 3.84. The predicted octanol–water partition coefficient (Wildman–Crippen LogP) is 14.7. The fourth-order valence-corrected chi connectivity index (χ4v) is 9.01. The molecule has 0 aliphatic carbocycles. The van der Waals surface area contributed by atoms with Crippen LogP contribution in [0.15, 0.2) is 82.8 Å². The Bertz CT molecular complexity index is 2900. The molecule has 0 saturated carbocycles. The molecular weight excluding hydrogens is 926 g/mol. The number of benzene rings is 4. The van der Waals surface area contributed by atoms with Gasteiger partial charge in [0.05, 0.1) is 22.9 Å². The third-order valence-corrected chi connectivity index (χ3v) is 12.7. The van der Waals surface area contributed by atoms with Gasteiger partial charge in [-0.3, -0.25) is 9.55 Å². The summed E-state index contributed by atoms with van der Waals surface area (Å²) in [5.41, 5.74) is 15.1. The Morgan fingerprint density at radius 1 is 0.661 bits per heavy atom. The summed E-state index contributed by atoms with van der Waals surface area (Å²) in [6.07, 6.45) is 1.81. The van der Waals surface area contributed by atoms with Crippen LogP contribution in [0.2, 0.25) is 0 Å². The Kier molecular flexibility index (Phi) is 10.5. The van der Waals surface area contributed by atoms with Crippen LogP contribution in [0.25, 0.3) is 71.7 Å². The number of rotatable bonds is 4. The van der Waals surface area contributed by atoms with E-state index in [1.165, 1.54) is 16.7 Å². The van der Waals surface area contributed by atoms with Gasteiger partial charge < -0.3 is 9.52 Å². The standard InChI is InChI=1S/C52H56N3O2S.Pt/c1-29-27-57-46-41-30(2)28-58-47(41)43(53-42(29)46)32-22-31(23-34(24-32)50(6,7)8)37-16-15-17-40-44(37)54-48(55(40)36-20-18-33(19-21-36)49(3,4)5)38-25-35(51(9,10)11)26-39(45(38)56)52(12,13)14;/h15-21,23-28,56H,1-14H3;/q-1;. The Balaban J connectivity index is 0.00000528. The zero-order valence-corrected chi connectivity index (χ0v) is 40.0. The van der Waals surface area contributed by atoms with Crippen LogP contribution in [0.3, 0.4) is 0 Å². The largest absolute Gasteiger partial charge is 0.507 e. The second kappa shape index (κ2) is 14.6. The number of imidazole rings is 1. The molecule has 59 heavy (non-hydrogen) atoms. The van der Waals surface area contributed by atoms with Crippen molar-refractivity contribution in [2.24, 2.45) is 0 Å². The number of aromatic hydroxyl groups is 1. The van der Waals surface area contributed by atoms with E-state index in [4.69, 9.17) is 14.4 Å². The zero-order chi connectivity index (χ0) is 41.9. The molecule has 4 heterocycles. The summed E-state index contributed by atoms with van der Waals surface area (Å²) in [6.45, 7) is 30.8. The van der Waals surface area contributed by atoms with Crippen LogP contribution in [-0.4, -0.2) is 19.6 Å². The van der Waals surface area contributed by atoms with Crippen molar-refractivity contribution >= 4 is 43.6 Å². The molecule has 8 aromatic rings. The van der Waals surface area contributed by atoms with Gasteiger partial charge in [-0.1, -0.05) is 125 Å². The number of fused-ring (bicyclic) bond motifs is 4. The SMILES string of the molecule is Cc1coc2c1nc(-c1[c-]c(-c3cccc4c3nc(-c3cc(C(C)(C)C)cc(C(C)(C)C)c3O)n4-c3ccc(C(C)(C)C)cc3)cc(C(C)(C)C)c1)c1scc(C)c12.[Pt]. The van der Waals surface area contributed by atoms with Crippen LogP contribution in [-0.2, 0) is 42.7 Å². The molecule has 0 bridgehead atoms. The van der Waals surface area contributed by atoms with E-state index in [0.717, 1.165) is 82.5 Å². The molecule has 4 aromatic heterocycles. The monoisotopic (exact) mass is 981 g/mol. The van der Waals surface area contributed by atoms with E-state index >= 15 is 0 Å². The van der Waals surface area contributed by atoms with Crippen LogP contribution in [0, 0.1) is 19.9 Å². The Morgan fingerprint density at radius 3 is 1.92 bits per heavy atom. The van der Waals surface area contributed by atoms with Crippen molar-refractivity contribution in [2.75, 3.05) is 0 Å². The molecular formula is C52H56N3O2PtS-. The summed E-state index contributed by atoms with van der Waals surface area (Å²) in [5, 5.41) is 15.6. The molecule has 0 unspecified atom stereocenters. The van der Waals surface area contributed by atoms with E-state index in [9.17, 15) is 5.11 Å². The topological polar surface area (TPSA) is 64.1 Å². The predicted molar refractivity (Wildman–Crippen MR) is 245 cm³/mol. The third kappa shape index (κ3) is 7.50. The maximum absolute atomic E-state index is 12.3. The van der Waals surface area contributed by atoms with Crippen LogP contribution in [0.5, 0.6) is 5.75 Å². The number of hydrogen-bond donors (Lipinski definition) is 1. The van der Waals surface area contributed by atoms with Crippen molar-refractivity contribution in [1.82, 2.24) is 14.5 Å². The minimum absolute atomic E-state index is 0. The van der Waals surface area contributed by atoms with Crippen LogP contribution in [0.4, 0.5) is 0 Å². The van der Waals surface area contributed by atoms with Gasteiger partial charge in [0.2, 0.25) is 0 Å². The van der Waals surface area contributed by atoms with Gasteiger partial charge in [0, 0.05) is 53.7 Å². The Hall–Kier alpha value is -4.51. The second-order valence-corrected chi connectivity index (χ2v) is 21.2. The number of nitrogens with zero attached hydrogens (tertiary/aromatic N) is 3. The second-order valence-electron chi connectivity index (χ2n) is 20.3. The minimum atomic E-state index is -0.298.